The number of hydrogen-bond donors (Lipinski definition) is 0. The first-order valence-corrected chi connectivity index (χ1v) is 10.6. The Morgan fingerprint density at radius 2 is 1.46 bits per heavy atom. The van der Waals surface area contributed by atoms with Gasteiger partial charge in [-0.05, 0) is 54.2 Å². The van der Waals surface area contributed by atoms with E-state index in [0.29, 0.717) is 11.8 Å². The topological polar surface area (TPSA) is 18.5 Å². The summed E-state index contributed by atoms with van der Waals surface area (Å²) in [4.78, 5) is 0. The van der Waals surface area contributed by atoms with Crippen molar-refractivity contribution < 1.29 is 9.47 Å². The maximum atomic E-state index is 5.95. The third kappa shape index (κ3) is 7.31. The summed E-state index contributed by atoms with van der Waals surface area (Å²) >= 11 is 0. The van der Waals surface area contributed by atoms with Gasteiger partial charge < -0.3 is 9.47 Å². The standard InChI is InChI=1S/C24H42O2/c1-9-18(4)23(24(6,7)8)21-12-14-22(15-13-21)26-19(5)25-17-16-20(10-2)11-3/h12-15,18-20,23H,9-11,16-17H2,1-8H3. The zero-order chi connectivity index (χ0) is 19.7. The molecular formula is C24H42O2. The van der Waals surface area contributed by atoms with E-state index in [1.165, 1.54) is 24.8 Å². The number of ether oxygens (including phenoxy) is 2. The zero-order valence-electron chi connectivity index (χ0n) is 18.5. The molecule has 26 heavy (non-hydrogen) atoms. The molecule has 0 N–H and O–H groups in total. The molecule has 0 amide bonds. The normalized spacial score (nSPS) is 15.7. The van der Waals surface area contributed by atoms with Crippen molar-refractivity contribution in [1.82, 2.24) is 0 Å². The van der Waals surface area contributed by atoms with Crippen molar-refractivity contribution >= 4 is 0 Å². The lowest BCUT2D eigenvalue weighted by atomic mass is 9.69. The Hall–Kier alpha value is -1.02. The Morgan fingerprint density at radius 1 is 0.885 bits per heavy atom. The molecule has 0 aliphatic heterocycles. The van der Waals surface area contributed by atoms with E-state index in [2.05, 4.69) is 72.7 Å². The molecule has 150 valence electrons. The van der Waals surface area contributed by atoms with Crippen LogP contribution in [0.5, 0.6) is 5.75 Å². The van der Waals surface area contributed by atoms with Crippen LogP contribution in [0.15, 0.2) is 24.3 Å². The van der Waals surface area contributed by atoms with Crippen molar-refractivity contribution in [3.63, 3.8) is 0 Å². The smallest absolute Gasteiger partial charge is 0.196 e. The lowest BCUT2D eigenvalue weighted by Gasteiger charge is -2.36. The predicted molar refractivity (Wildman–Crippen MR) is 113 cm³/mol. The maximum absolute atomic E-state index is 5.95. The molecule has 2 heteroatoms. The van der Waals surface area contributed by atoms with Gasteiger partial charge in [0.25, 0.3) is 0 Å². The third-order valence-electron chi connectivity index (χ3n) is 5.72. The van der Waals surface area contributed by atoms with Gasteiger partial charge in [0.1, 0.15) is 5.75 Å². The van der Waals surface area contributed by atoms with Crippen molar-refractivity contribution in [3.8, 4) is 5.75 Å². The summed E-state index contributed by atoms with van der Waals surface area (Å²) in [6.45, 7) is 18.9. The molecular weight excluding hydrogens is 320 g/mol. The monoisotopic (exact) mass is 362 g/mol. The highest BCUT2D eigenvalue weighted by Gasteiger charge is 2.30. The summed E-state index contributed by atoms with van der Waals surface area (Å²) in [7, 11) is 0. The van der Waals surface area contributed by atoms with E-state index in [9.17, 15) is 0 Å². The van der Waals surface area contributed by atoms with Gasteiger partial charge in [-0.25, -0.2) is 0 Å². The van der Waals surface area contributed by atoms with E-state index in [1.807, 2.05) is 6.92 Å². The van der Waals surface area contributed by atoms with Crippen LogP contribution in [0.3, 0.4) is 0 Å². The van der Waals surface area contributed by atoms with Gasteiger partial charge in [-0.2, -0.15) is 0 Å². The Bertz CT molecular complexity index is 482. The van der Waals surface area contributed by atoms with Gasteiger partial charge in [-0.3, -0.25) is 0 Å². The Morgan fingerprint density at radius 3 is 1.92 bits per heavy atom. The summed E-state index contributed by atoms with van der Waals surface area (Å²) in [6.07, 6.45) is 4.55. The van der Waals surface area contributed by atoms with Crippen LogP contribution >= 0.6 is 0 Å². The van der Waals surface area contributed by atoms with E-state index in [4.69, 9.17) is 9.47 Å². The van der Waals surface area contributed by atoms with E-state index in [0.717, 1.165) is 24.7 Å². The van der Waals surface area contributed by atoms with E-state index in [1.54, 1.807) is 0 Å². The largest absolute Gasteiger partial charge is 0.465 e. The number of rotatable bonds is 11. The first-order chi connectivity index (χ1) is 12.2. The molecule has 0 aliphatic rings. The number of benzene rings is 1. The molecule has 0 bridgehead atoms. The van der Waals surface area contributed by atoms with Crippen molar-refractivity contribution in [3.05, 3.63) is 29.8 Å². The average molecular weight is 363 g/mol. The minimum Gasteiger partial charge on any atom is -0.465 e. The molecule has 0 radical (unpaired) electrons. The SMILES string of the molecule is CCC(CC)CCOC(C)Oc1ccc(C(C(C)CC)C(C)(C)C)cc1. The molecule has 0 fully saturated rings. The van der Waals surface area contributed by atoms with Gasteiger partial charge in [0, 0.05) is 0 Å². The second-order valence-corrected chi connectivity index (χ2v) is 8.83. The second kappa shape index (κ2) is 11.0. The summed E-state index contributed by atoms with van der Waals surface area (Å²) in [6, 6.07) is 8.65. The summed E-state index contributed by atoms with van der Waals surface area (Å²) in [5, 5.41) is 0. The molecule has 1 rings (SSSR count). The van der Waals surface area contributed by atoms with Crippen LogP contribution in [0, 0.1) is 17.3 Å². The first-order valence-electron chi connectivity index (χ1n) is 10.6. The molecule has 2 nitrogen and oxygen atoms in total. The average Bonchev–Trinajstić information content (AvgIpc) is 2.59. The molecule has 3 unspecified atom stereocenters. The van der Waals surface area contributed by atoms with E-state index >= 15 is 0 Å². The second-order valence-electron chi connectivity index (χ2n) is 8.83. The molecule has 1 aromatic rings. The Labute approximate surface area is 162 Å². The number of hydrogen-bond acceptors (Lipinski definition) is 2. The molecule has 0 heterocycles. The third-order valence-corrected chi connectivity index (χ3v) is 5.72. The molecule has 0 aromatic heterocycles. The quantitative estimate of drug-likeness (QED) is 0.381. The van der Waals surface area contributed by atoms with Crippen LogP contribution in [0.25, 0.3) is 0 Å². The molecule has 0 aliphatic carbocycles. The molecule has 3 atom stereocenters. The van der Waals surface area contributed by atoms with Crippen LogP contribution in [0.4, 0.5) is 0 Å². The lowest BCUT2D eigenvalue weighted by molar-refractivity contribution is -0.0705. The summed E-state index contributed by atoms with van der Waals surface area (Å²) < 4.78 is 11.8. The molecule has 0 spiro atoms. The van der Waals surface area contributed by atoms with Crippen molar-refractivity contribution in [2.24, 2.45) is 17.3 Å². The van der Waals surface area contributed by atoms with Crippen molar-refractivity contribution in [2.45, 2.75) is 93.3 Å². The molecule has 0 saturated carbocycles. The van der Waals surface area contributed by atoms with Crippen molar-refractivity contribution in [1.29, 1.82) is 0 Å². The zero-order valence-corrected chi connectivity index (χ0v) is 18.5. The highest BCUT2D eigenvalue weighted by Crippen LogP contribution is 2.42. The van der Waals surface area contributed by atoms with Gasteiger partial charge >= 0.3 is 0 Å². The minimum atomic E-state index is -0.205. The predicted octanol–water partition coefficient (Wildman–Crippen LogP) is 7.43. The molecule has 1 aromatic carbocycles. The first kappa shape index (κ1) is 23.0. The van der Waals surface area contributed by atoms with Gasteiger partial charge in [0.15, 0.2) is 6.29 Å². The van der Waals surface area contributed by atoms with Crippen LogP contribution in [0.2, 0.25) is 0 Å². The Kier molecular flexibility index (Phi) is 9.71. The van der Waals surface area contributed by atoms with Crippen LogP contribution < -0.4 is 4.74 Å². The van der Waals surface area contributed by atoms with Crippen molar-refractivity contribution in [2.75, 3.05) is 6.61 Å². The van der Waals surface area contributed by atoms with Gasteiger partial charge in [0.05, 0.1) is 6.61 Å². The fourth-order valence-electron chi connectivity index (χ4n) is 3.99. The Balaban J connectivity index is 2.63. The van der Waals surface area contributed by atoms with E-state index < -0.39 is 0 Å². The lowest BCUT2D eigenvalue weighted by Crippen LogP contribution is -2.24. The van der Waals surface area contributed by atoms with Crippen LogP contribution in [-0.4, -0.2) is 12.9 Å². The van der Waals surface area contributed by atoms with Gasteiger partial charge in [0.2, 0.25) is 0 Å². The fraction of sp³-hybridized carbons (Fsp3) is 0.750. The fourth-order valence-corrected chi connectivity index (χ4v) is 3.99. The van der Waals surface area contributed by atoms with Crippen LogP contribution in [-0.2, 0) is 4.74 Å². The molecule has 0 saturated heterocycles. The van der Waals surface area contributed by atoms with E-state index in [-0.39, 0.29) is 11.7 Å². The van der Waals surface area contributed by atoms with Gasteiger partial charge in [-0.15, -0.1) is 0 Å². The highest BCUT2D eigenvalue weighted by atomic mass is 16.7. The van der Waals surface area contributed by atoms with Crippen LogP contribution in [0.1, 0.15) is 92.6 Å². The minimum absolute atomic E-state index is 0.205. The maximum Gasteiger partial charge on any atom is 0.196 e. The van der Waals surface area contributed by atoms with Gasteiger partial charge in [-0.1, -0.05) is 79.9 Å². The summed E-state index contributed by atoms with van der Waals surface area (Å²) in [5.41, 5.74) is 1.66. The summed E-state index contributed by atoms with van der Waals surface area (Å²) in [5.74, 6) is 2.86. The highest BCUT2D eigenvalue weighted by molar-refractivity contribution is 5.31.